The van der Waals surface area contributed by atoms with Gasteiger partial charge in [-0.15, -0.1) is 0 Å². The van der Waals surface area contributed by atoms with Crippen LogP contribution in [0.25, 0.3) is 0 Å². The van der Waals surface area contributed by atoms with Crippen molar-refractivity contribution >= 4 is 17.5 Å². The Morgan fingerprint density at radius 1 is 1.12 bits per heavy atom. The number of hydrogen-bond donors (Lipinski definition) is 2. The Hall–Kier alpha value is -3.40. The molecule has 2 aromatic rings. The van der Waals surface area contributed by atoms with E-state index in [2.05, 4.69) is 15.7 Å². The Kier molecular flexibility index (Phi) is 8.20. The molecule has 0 radical (unpaired) electrons. The van der Waals surface area contributed by atoms with Gasteiger partial charge >= 0.3 is 0 Å². The Balaban J connectivity index is 1.39. The van der Waals surface area contributed by atoms with Crippen molar-refractivity contribution in [2.45, 2.75) is 19.4 Å². The van der Waals surface area contributed by atoms with Crippen molar-refractivity contribution in [3.05, 3.63) is 46.9 Å². The highest BCUT2D eigenvalue weighted by Gasteiger charge is 2.25. The second-order valence-electron chi connectivity index (χ2n) is 7.54. The molecule has 0 spiro atoms. The van der Waals surface area contributed by atoms with Gasteiger partial charge in [0, 0.05) is 36.5 Å². The summed E-state index contributed by atoms with van der Waals surface area (Å²) in [5.74, 6) is 0.896. The fourth-order valence-electron chi connectivity index (χ4n) is 3.66. The predicted octanol–water partition coefficient (Wildman–Crippen LogP) is 0.727. The van der Waals surface area contributed by atoms with Gasteiger partial charge < -0.3 is 20.1 Å². The highest BCUT2D eigenvalue weighted by molar-refractivity contribution is 5.92. The minimum atomic E-state index is -0.193. The van der Waals surface area contributed by atoms with Crippen LogP contribution < -0.4 is 25.7 Å². The van der Waals surface area contributed by atoms with Gasteiger partial charge in [0.25, 0.3) is 5.56 Å². The van der Waals surface area contributed by atoms with Gasteiger partial charge in [0.05, 0.1) is 27.3 Å². The molecule has 1 aliphatic rings. The van der Waals surface area contributed by atoms with E-state index in [-0.39, 0.29) is 29.8 Å². The zero-order chi connectivity index (χ0) is 22.9. The topological polar surface area (TPSA) is 115 Å². The molecule has 0 atom stereocenters. The Bertz CT molecular complexity index is 985. The van der Waals surface area contributed by atoms with Crippen LogP contribution in [-0.4, -0.2) is 66.9 Å². The summed E-state index contributed by atoms with van der Waals surface area (Å²) in [5, 5.41) is 9.71. The van der Waals surface area contributed by atoms with E-state index >= 15 is 0 Å². The standard InChI is InChI=1S/C22H29N5O5/c1-31-18-6-5-17(14-19(18)32-2)25-20(28)15-26-11-7-16(8-12-26)22(30)23-10-13-27-21(29)4-3-9-24-27/h3-6,9,14,16H,7-8,10-13,15H2,1-2H3,(H,23,30)(H,25,28). The fourth-order valence-corrected chi connectivity index (χ4v) is 3.66. The van der Waals surface area contributed by atoms with Crippen molar-refractivity contribution in [1.29, 1.82) is 0 Å². The lowest BCUT2D eigenvalue weighted by Crippen LogP contribution is -2.43. The fraction of sp³-hybridized carbons (Fsp3) is 0.455. The Morgan fingerprint density at radius 3 is 2.56 bits per heavy atom. The molecule has 2 heterocycles. The quantitative estimate of drug-likeness (QED) is 0.587. The molecule has 1 aromatic carbocycles. The molecule has 172 valence electrons. The zero-order valence-corrected chi connectivity index (χ0v) is 18.4. The number of carbonyl (C=O) groups excluding carboxylic acids is 2. The first kappa shape index (κ1) is 23.3. The molecule has 3 rings (SSSR count). The molecule has 2 amide bonds. The lowest BCUT2D eigenvalue weighted by atomic mass is 9.96. The van der Waals surface area contributed by atoms with Crippen LogP contribution in [0.1, 0.15) is 12.8 Å². The van der Waals surface area contributed by atoms with Gasteiger partial charge in [-0.25, -0.2) is 4.68 Å². The third-order valence-corrected chi connectivity index (χ3v) is 5.40. The van der Waals surface area contributed by atoms with Crippen LogP contribution in [-0.2, 0) is 16.1 Å². The summed E-state index contributed by atoms with van der Waals surface area (Å²) >= 11 is 0. The number of hydrogen-bond acceptors (Lipinski definition) is 7. The molecule has 32 heavy (non-hydrogen) atoms. The molecular weight excluding hydrogens is 414 g/mol. The number of piperidine rings is 1. The summed E-state index contributed by atoms with van der Waals surface area (Å²) in [6, 6.07) is 8.23. The maximum atomic E-state index is 12.4. The van der Waals surface area contributed by atoms with Gasteiger partial charge in [0.2, 0.25) is 11.8 Å². The number of methoxy groups -OCH3 is 2. The molecule has 1 aliphatic heterocycles. The summed E-state index contributed by atoms with van der Waals surface area (Å²) in [7, 11) is 3.10. The van der Waals surface area contributed by atoms with Crippen LogP contribution in [0.2, 0.25) is 0 Å². The van der Waals surface area contributed by atoms with Crippen LogP contribution in [0.3, 0.4) is 0 Å². The lowest BCUT2D eigenvalue weighted by molar-refractivity contribution is -0.126. The average molecular weight is 444 g/mol. The van der Waals surface area contributed by atoms with E-state index in [0.717, 1.165) is 0 Å². The second-order valence-corrected chi connectivity index (χ2v) is 7.54. The van der Waals surface area contributed by atoms with Gasteiger partial charge in [0.15, 0.2) is 11.5 Å². The molecule has 1 fully saturated rings. The molecule has 10 nitrogen and oxygen atoms in total. The smallest absolute Gasteiger partial charge is 0.266 e. The maximum Gasteiger partial charge on any atom is 0.266 e. The number of anilines is 1. The molecule has 0 saturated carbocycles. The van der Waals surface area contributed by atoms with E-state index in [4.69, 9.17) is 9.47 Å². The zero-order valence-electron chi connectivity index (χ0n) is 18.4. The number of nitrogens with one attached hydrogen (secondary N) is 2. The number of rotatable bonds is 9. The van der Waals surface area contributed by atoms with Gasteiger partial charge in [-0.2, -0.15) is 5.10 Å². The summed E-state index contributed by atoms with van der Waals surface area (Å²) in [4.78, 5) is 38.5. The maximum absolute atomic E-state index is 12.4. The number of benzene rings is 1. The van der Waals surface area contributed by atoms with Crippen molar-refractivity contribution < 1.29 is 19.1 Å². The van der Waals surface area contributed by atoms with Crippen LogP contribution in [0, 0.1) is 5.92 Å². The van der Waals surface area contributed by atoms with Gasteiger partial charge in [0.1, 0.15) is 0 Å². The normalized spacial score (nSPS) is 14.6. The predicted molar refractivity (Wildman–Crippen MR) is 119 cm³/mol. The molecule has 2 N–H and O–H groups in total. The van der Waals surface area contributed by atoms with E-state index in [9.17, 15) is 14.4 Å². The first-order chi connectivity index (χ1) is 15.5. The van der Waals surface area contributed by atoms with Crippen LogP contribution >= 0.6 is 0 Å². The molecule has 1 aromatic heterocycles. The molecular formula is C22H29N5O5. The number of aromatic nitrogens is 2. The van der Waals surface area contributed by atoms with Gasteiger partial charge in [-0.05, 0) is 44.1 Å². The van der Waals surface area contributed by atoms with Crippen LogP contribution in [0.15, 0.2) is 41.3 Å². The van der Waals surface area contributed by atoms with Crippen LogP contribution in [0.5, 0.6) is 11.5 Å². The minimum Gasteiger partial charge on any atom is -0.493 e. The summed E-state index contributed by atoms with van der Waals surface area (Å²) in [6.45, 7) is 2.27. The van der Waals surface area contributed by atoms with E-state index in [1.165, 1.54) is 10.7 Å². The summed E-state index contributed by atoms with van der Waals surface area (Å²) in [5.41, 5.74) is 0.440. The van der Waals surface area contributed by atoms with Crippen LogP contribution in [0.4, 0.5) is 5.69 Å². The Morgan fingerprint density at radius 2 is 1.88 bits per heavy atom. The van der Waals surface area contributed by atoms with E-state index < -0.39 is 0 Å². The number of amides is 2. The monoisotopic (exact) mass is 443 g/mol. The second kappa shape index (κ2) is 11.3. The third-order valence-electron chi connectivity index (χ3n) is 5.40. The minimum absolute atomic E-state index is 0.0246. The lowest BCUT2D eigenvalue weighted by Gasteiger charge is -2.30. The van der Waals surface area contributed by atoms with Crippen molar-refractivity contribution in [2.24, 2.45) is 5.92 Å². The molecule has 0 unspecified atom stereocenters. The van der Waals surface area contributed by atoms with E-state index in [1.54, 1.807) is 44.7 Å². The molecule has 1 saturated heterocycles. The summed E-state index contributed by atoms with van der Waals surface area (Å²) < 4.78 is 11.8. The number of carbonyl (C=O) groups is 2. The Labute approximate surface area is 186 Å². The van der Waals surface area contributed by atoms with E-state index in [1.807, 2.05) is 4.90 Å². The first-order valence-electron chi connectivity index (χ1n) is 10.5. The third kappa shape index (κ3) is 6.30. The summed E-state index contributed by atoms with van der Waals surface area (Å²) in [6.07, 6.45) is 2.90. The van der Waals surface area contributed by atoms with Gasteiger partial charge in [-0.1, -0.05) is 0 Å². The number of nitrogens with zero attached hydrogens (tertiary/aromatic N) is 3. The number of ether oxygens (including phenoxy) is 2. The molecule has 0 bridgehead atoms. The SMILES string of the molecule is COc1ccc(NC(=O)CN2CCC(C(=O)NCCn3ncccc3=O)CC2)cc1OC. The molecule has 0 aliphatic carbocycles. The van der Waals surface area contributed by atoms with Crippen molar-refractivity contribution in [3.63, 3.8) is 0 Å². The average Bonchev–Trinajstić information content (AvgIpc) is 2.80. The van der Waals surface area contributed by atoms with Crippen molar-refractivity contribution in [3.8, 4) is 11.5 Å². The van der Waals surface area contributed by atoms with E-state index in [0.29, 0.717) is 56.2 Å². The number of likely N-dealkylation sites (tertiary alicyclic amines) is 1. The molecule has 10 heteroatoms. The van der Waals surface area contributed by atoms with Crippen molar-refractivity contribution in [1.82, 2.24) is 20.0 Å². The highest BCUT2D eigenvalue weighted by atomic mass is 16.5. The highest BCUT2D eigenvalue weighted by Crippen LogP contribution is 2.29. The first-order valence-corrected chi connectivity index (χ1v) is 10.5. The van der Waals surface area contributed by atoms with Gasteiger partial charge in [-0.3, -0.25) is 19.3 Å². The van der Waals surface area contributed by atoms with Crippen molar-refractivity contribution in [2.75, 3.05) is 45.7 Å². The largest absolute Gasteiger partial charge is 0.493 e.